The lowest BCUT2D eigenvalue weighted by Crippen LogP contribution is -3.15. The van der Waals surface area contributed by atoms with Crippen molar-refractivity contribution < 1.29 is 14.0 Å². The minimum Gasteiger partial charge on any atom is -0.364 e. The number of nitrogens with zero attached hydrogens (tertiary/aromatic N) is 1. The monoisotopic (exact) mass is 283 g/mol. The molecular weight excluding hydrogens is 267 g/mol. The number of hydrogen-bond acceptors (Lipinski definition) is 2. The molecule has 2 rings (SSSR count). The van der Waals surface area contributed by atoms with Crippen molar-refractivity contribution in [1.82, 2.24) is 0 Å². The summed E-state index contributed by atoms with van der Waals surface area (Å²) in [5.74, 6) is -0.418. The van der Waals surface area contributed by atoms with E-state index in [-0.39, 0.29) is 12.2 Å². The van der Waals surface area contributed by atoms with Crippen molar-refractivity contribution in [1.29, 1.82) is 5.26 Å². The van der Waals surface area contributed by atoms with Crippen LogP contribution in [0, 0.1) is 17.1 Å². The van der Waals surface area contributed by atoms with Crippen molar-refractivity contribution in [2.24, 2.45) is 0 Å². The van der Waals surface area contributed by atoms with Gasteiger partial charge in [-0.25, -0.2) is 4.39 Å². The molecule has 5 heteroatoms. The lowest BCUT2D eigenvalue weighted by molar-refractivity contribution is -0.937. The maximum atomic E-state index is 14.0. The standard InChI is InChI=1S/C14H16ClFN2O/c1-9-7-18(8-10(2)19-9)13(6-17)14-11(15)4-3-5-12(14)16/h3-5,9-10,13H,7-8H2,1-2H3/p+1/t9-,10-,13+/m1/s1. The van der Waals surface area contributed by atoms with Crippen LogP contribution in [-0.2, 0) is 4.74 Å². The molecular formula is C14H17ClFN2O+. The third-order valence-corrected chi connectivity index (χ3v) is 3.72. The van der Waals surface area contributed by atoms with Crippen LogP contribution in [0.25, 0.3) is 0 Å². The molecule has 19 heavy (non-hydrogen) atoms. The van der Waals surface area contributed by atoms with Crippen molar-refractivity contribution >= 4 is 11.6 Å². The highest BCUT2D eigenvalue weighted by Gasteiger charge is 2.35. The van der Waals surface area contributed by atoms with Crippen molar-refractivity contribution in [3.05, 3.63) is 34.6 Å². The first kappa shape index (κ1) is 14.3. The molecule has 0 amide bonds. The van der Waals surface area contributed by atoms with Crippen LogP contribution in [0.15, 0.2) is 18.2 Å². The molecule has 1 heterocycles. The molecule has 102 valence electrons. The first-order chi connectivity index (χ1) is 9.02. The van der Waals surface area contributed by atoms with Crippen LogP contribution in [0.4, 0.5) is 4.39 Å². The van der Waals surface area contributed by atoms with E-state index in [0.29, 0.717) is 23.7 Å². The third-order valence-electron chi connectivity index (χ3n) is 3.39. The number of benzene rings is 1. The molecule has 3 atom stereocenters. The molecule has 0 radical (unpaired) electrons. The second kappa shape index (κ2) is 5.87. The van der Waals surface area contributed by atoms with Gasteiger partial charge in [-0.15, -0.1) is 0 Å². The minimum atomic E-state index is -0.595. The van der Waals surface area contributed by atoms with E-state index in [9.17, 15) is 9.65 Å². The Morgan fingerprint density at radius 3 is 2.58 bits per heavy atom. The molecule has 0 unspecified atom stereocenters. The molecule has 0 aliphatic carbocycles. The molecule has 1 aliphatic rings. The summed E-state index contributed by atoms with van der Waals surface area (Å²) >= 11 is 6.06. The van der Waals surface area contributed by atoms with Gasteiger partial charge in [-0.1, -0.05) is 17.7 Å². The summed E-state index contributed by atoms with van der Waals surface area (Å²) in [5, 5.41) is 9.73. The van der Waals surface area contributed by atoms with Gasteiger partial charge in [0, 0.05) is 0 Å². The Morgan fingerprint density at radius 2 is 2.05 bits per heavy atom. The number of nitriles is 1. The van der Waals surface area contributed by atoms with Gasteiger partial charge in [0.05, 0.1) is 10.6 Å². The van der Waals surface area contributed by atoms with E-state index in [2.05, 4.69) is 6.07 Å². The first-order valence-corrected chi connectivity index (χ1v) is 6.74. The quantitative estimate of drug-likeness (QED) is 0.898. The third kappa shape index (κ3) is 3.06. The molecule has 1 aliphatic heterocycles. The lowest BCUT2D eigenvalue weighted by Gasteiger charge is -2.35. The predicted molar refractivity (Wildman–Crippen MR) is 70.5 cm³/mol. The topological polar surface area (TPSA) is 37.5 Å². The van der Waals surface area contributed by atoms with Gasteiger partial charge in [-0.3, -0.25) is 0 Å². The van der Waals surface area contributed by atoms with Gasteiger partial charge in [0.2, 0.25) is 6.04 Å². The molecule has 0 bridgehead atoms. The Balaban J connectivity index is 2.32. The van der Waals surface area contributed by atoms with E-state index in [1.165, 1.54) is 6.07 Å². The van der Waals surface area contributed by atoms with Gasteiger partial charge >= 0.3 is 0 Å². The van der Waals surface area contributed by atoms with Crippen LogP contribution >= 0.6 is 11.6 Å². The molecule has 1 fully saturated rings. The second-order valence-corrected chi connectivity index (χ2v) is 5.43. The fraction of sp³-hybridized carbons (Fsp3) is 0.500. The van der Waals surface area contributed by atoms with Gasteiger partial charge in [0.15, 0.2) is 0 Å². The Hall–Kier alpha value is -1.15. The molecule has 0 aromatic heterocycles. The highest BCUT2D eigenvalue weighted by molar-refractivity contribution is 6.31. The highest BCUT2D eigenvalue weighted by Crippen LogP contribution is 2.24. The lowest BCUT2D eigenvalue weighted by atomic mass is 10.0. The Labute approximate surface area is 117 Å². The van der Waals surface area contributed by atoms with Crippen LogP contribution in [0.3, 0.4) is 0 Å². The van der Waals surface area contributed by atoms with Gasteiger partial charge in [-0.2, -0.15) is 5.26 Å². The van der Waals surface area contributed by atoms with E-state index in [0.717, 1.165) is 4.90 Å². The summed E-state index contributed by atoms with van der Waals surface area (Å²) < 4.78 is 19.6. The number of halogens is 2. The number of morpholine rings is 1. The summed E-state index contributed by atoms with van der Waals surface area (Å²) in [6.45, 7) is 5.28. The summed E-state index contributed by atoms with van der Waals surface area (Å²) in [6.07, 6.45) is 0.111. The van der Waals surface area contributed by atoms with Gasteiger partial charge in [-0.05, 0) is 26.0 Å². The van der Waals surface area contributed by atoms with Crippen LogP contribution in [-0.4, -0.2) is 25.3 Å². The van der Waals surface area contributed by atoms with Crippen LogP contribution in [0.2, 0.25) is 5.02 Å². The highest BCUT2D eigenvalue weighted by atomic mass is 35.5. The summed E-state index contributed by atoms with van der Waals surface area (Å²) in [7, 11) is 0. The SMILES string of the molecule is C[C@@H]1C[NH+]([C@@H](C#N)c2c(F)cccc2Cl)C[C@@H](C)O1. The molecule has 3 nitrogen and oxygen atoms in total. The smallest absolute Gasteiger partial charge is 0.205 e. The van der Waals surface area contributed by atoms with Gasteiger partial charge in [0.1, 0.15) is 37.2 Å². The van der Waals surface area contributed by atoms with Crippen molar-refractivity contribution in [2.45, 2.75) is 32.1 Å². The number of ether oxygens (including phenoxy) is 1. The van der Waals surface area contributed by atoms with E-state index in [1.54, 1.807) is 12.1 Å². The zero-order valence-corrected chi connectivity index (χ0v) is 11.7. The number of hydrogen-bond donors (Lipinski definition) is 1. The maximum absolute atomic E-state index is 14.0. The summed E-state index contributed by atoms with van der Waals surface area (Å²) in [6, 6.07) is 6.12. The van der Waals surface area contributed by atoms with E-state index < -0.39 is 11.9 Å². The van der Waals surface area contributed by atoms with Gasteiger partial charge < -0.3 is 9.64 Å². The van der Waals surface area contributed by atoms with E-state index in [1.807, 2.05) is 13.8 Å². The zero-order valence-electron chi connectivity index (χ0n) is 11.0. The fourth-order valence-electron chi connectivity index (χ4n) is 2.70. The maximum Gasteiger partial charge on any atom is 0.205 e. The van der Waals surface area contributed by atoms with Crippen molar-refractivity contribution in [3.8, 4) is 6.07 Å². The number of rotatable bonds is 2. The Morgan fingerprint density at radius 1 is 1.42 bits per heavy atom. The molecule has 1 saturated heterocycles. The first-order valence-electron chi connectivity index (χ1n) is 6.36. The molecule has 0 spiro atoms. The van der Waals surface area contributed by atoms with Crippen molar-refractivity contribution in [2.75, 3.05) is 13.1 Å². The number of nitrogens with one attached hydrogen (secondary N) is 1. The summed E-state index contributed by atoms with van der Waals surface area (Å²) in [5.41, 5.74) is 0.294. The molecule has 1 N–H and O–H groups in total. The Bertz CT molecular complexity index is 472. The predicted octanol–water partition coefficient (Wildman–Crippen LogP) is 1.74. The average Bonchev–Trinajstić information content (AvgIpc) is 2.32. The van der Waals surface area contributed by atoms with Crippen LogP contribution in [0.1, 0.15) is 25.5 Å². The van der Waals surface area contributed by atoms with E-state index in [4.69, 9.17) is 16.3 Å². The second-order valence-electron chi connectivity index (χ2n) is 5.02. The van der Waals surface area contributed by atoms with Crippen molar-refractivity contribution in [3.63, 3.8) is 0 Å². The molecule has 1 aromatic carbocycles. The Kier molecular flexibility index (Phi) is 4.41. The normalized spacial score (nSPS) is 28.7. The number of quaternary nitrogens is 1. The minimum absolute atomic E-state index is 0.0557. The van der Waals surface area contributed by atoms with Gasteiger partial charge in [0.25, 0.3) is 0 Å². The largest absolute Gasteiger partial charge is 0.364 e. The fourth-order valence-corrected chi connectivity index (χ4v) is 2.97. The molecule has 0 saturated carbocycles. The van der Waals surface area contributed by atoms with E-state index >= 15 is 0 Å². The summed E-state index contributed by atoms with van der Waals surface area (Å²) in [4.78, 5) is 1.00. The molecule has 1 aromatic rings. The van der Waals surface area contributed by atoms with Crippen LogP contribution < -0.4 is 4.90 Å². The van der Waals surface area contributed by atoms with Crippen LogP contribution in [0.5, 0.6) is 0 Å². The average molecular weight is 284 g/mol. The zero-order chi connectivity index (χ0) is 14.0.